The van der Waals surface area contributed by atoms with Crippen molar-refractivity contribution in [2.24, 2.45) is 0 Å². The molecule has 94 heavy (non-hydrogen) atoms. The van der Waals surface area contributed by atoms with E-state index in [-0.39, 0.29) is 32.0 Å². The van der Waals surface area contributed by atoms with E-state index >= 15 is 0 Å². The number of phosphoric acid groups is 1. The average molecular weight is 1330 g/mol. The molecule has 538 valence electrons. The monoisotopic (exact) mass is 1330 g/mol. The molecule has 0 spiro atoms. The molecule has 10 heteroatoms. The lowest BCUT2D eigenvalue weighted by atomic mass is 10.0. The van der Waals surface area contributed by atoms with Gasteiger partial charge in [0.05, 0.1) is 27.7 Å². The number of hydrogen-bond acceptors (Lipinski definition) is 7. The lowest BCUT2D eigenvalue weighted by Crippen LogP contribution is -2.37. The molecule has 0 aliphatic carbocycles. The number of allylic oxidation sites excluding steroid dienone is 24. The zero-order chi connectivity index (χ0) is 68.3. The van der Waals surface area contributed by atoms with Gasteiger partial charge in [-0.25, -0.2) is 4.57 Å². The minimum Gasteiger partial charge on any atom is -0.462 e. The Morgan fingerprint density at radius 2 is 0.574 bits per heavy atom. The van der Waals surface area contributed by atoms with Crippen molar-refractivity contribution < 1.29 is 42.1 Å². The van der Waals surface area contributed by atoms with Crippen LogP contribution < -0.4 is 0 Å². The number of nitrogens with zero attached hydrogens (tertiary/aromatic N) is 1. The van der Waals surface area contributed by atoms with E-state index in [1.54, 1.807) is 0 Å². The van der Waals surface area contributed by atoms with Gasteiger partial charge in [-0.1, -0.05) is 339 Å². The molecule has 1 N–H and O–H groups in total. The second-order valence-corrected chi connectivity index (χ2v) is 28.1. The number of carbonyl (C=O) groups excluding carboxylic acids is 2. The van der Waals surface area contributed by atoms with Crippen molar-refractivity contribution in [2.75, 3.05) is 47.5 Å². The Morgan fingerprint density at radius 1 is 0.330 bits per heavy atom. The molecule has 0 fully saturated rings. The molecular formula is C84H145NO8P+. The summed E-state index contributed by atoms with van der Waals surface area (Å²) in [5.41, 5.74) is 0. The summed E-state index contributed by atoms with van der Waals surface area (Å²) in [5, 5.41) is 0. The van der Waals surface area contributed by atoms with Crippen molar-refractivity contribution in [1.29, 1.82) is 0 Å². The number of rotatable bonds is 70. The molecule has 0 saturated carbocycles. The van der Waals surface area contributed by atoms with Gasteiger partial charge in [-0.3, -0.25) is 18.6 Å². The number of likely N-dealkylation sites (N-methyl/N-ethyl adjacent to an activating group) is 1. The maximum absolute atomic E-state index is 12.9. The number of quaternary nitrogens is 1. The van der Waals surface area contributed by atoms with Gasteiger partial charge < -0.3 is 18.9 Å². The van der Waals surface area contributed by atoms with E-state index in [9.17, 15) is 19.0 Å². The first-order valence-corrected chi connectivity index (χ1v) is 40.1. The van der Waals surface area contributed by atoms with Gasteiger partial charge in [0.25, 0.3) is 0 Å². The molecule has 0 rings (SSSR count). The first-order chi connectivity index (χ1) is 46.0. The van der Waals surface area contributed by atoms with Crippen molar-refractivity contribution >= 4 is 19.8 Å². The van der Waals surface area contributed by atoms with E-state index in [0.29, 0.717) is 17.4 Å². The van der Waals surface area contributed by atoms with E-state index in [0.717, 1.165) is 116 Å². The van der Waals surface area contributed by atoms with E-state index in [2.05, 4.69) is 160 Å². The Morgan fingerprint density at radius 3 is 0.851 bits per heavy atom. The average Bonchev–Trinajstić information content (AvgIpc) is 1.57. The fraction of sp³-hybridized carbons (Fsp3) is 0.690. The summed E-state index contributed by atoms with van der Waals surface area (Å²) < 4.78 is 34.8. The SMILES string of the molecule is CC/C=C\C/C=C\C/C=C\C/C=C\C/C=C\C/C=C\C/C=C\C/C=C\CCCCCCCCCCCCCCCCCCC(=O)OC(COC(=O)CCCCCCCCCCCCCCCCCC/C=C\C/C=C\C/C=C\C/C=C\CC)COP(=O)(O)OCC[N+](C)(C)C. The first kappa shape index (κ1) is 89.9. The number of esters is 2. The van der Waals surface area contributed by atoms with E-state index < -0.39 is 26.5 Å². The molecule has 0 aromatic rings. The second kappa shape index (κ2) is 73.1. The third-order valence-corrected chi connectivity index (χ3v) is 17.3. The number of carbonyl (C=O) groups is 2. The van der Waals surface area contributed by atoms with Crippen molar-refractivity contribution in [1.82, 2.24) is 0 Å². The highest BCUT2D eigenvalue weighted by atomic mass is 31.2. The van der Waals surface area contributed by atoms with Gasteiger partial charge in [0.2, 0.25) is 0 Å². The quantitative estimate of drug-likeness (QED) is 0.0211. The Kier molecular flexibility index (Phi) is 69.9. The largest absolute Gasteiger partial charge is 0.472 e. The third-order valence-electron chi connectivity index (χ3n) is 16.4. The standard InChI is InChI=1S/C84H144NO8P/c1-6-8-10-12-14-16-18-20-22-24-26-28-30-32-34-36-37-38-39-40-41-42-43-44-45-46-47-49-51-53-55-57-59-61-63-65-67-69-71-73-75-77-84(87)93-82(81-92-94(88,89)91-79-78-85(3,4)5)80-90-83(86)76-74-72-70-68-66-64-62-60-58-56-54-52-50-48-35-33-31-29-27-25-23-21-19-17-15-13-11-9-7-2/h8-11,14-17,20-23,26-29,32,34,37-38,40-41,43-44,82H,6-7,12-13,18-19,24-25,30-31,33,35-36,39,42,45-81H2,1-5H3/p+1/b10-8-,11-9-,16-14-,17-15-,22-20-,23-21-,28-26-,29-27-,34-32-,38-37-,41-40-,44-43-. The van der Waals surface area contributed by atoms with Gasteiger partial charge in [0, 0.05) is 12.8 Å². The number of hydrogen-bond donors (Lipinski definition) is 1. The van der Waals surface area contributed by atoms with Crippen LogP contribution >= 0.6 is 7.82 Å². The smallest absolute Gasteiger partial charge is 0.462 e. The summed E-state index contributed by atoms with van der Waals surface area (Å²) in [6.45, 7) is 4.23. The van der Waals surface area contributed by atoms with Gasteiger partial charge in [-0.2, -0.15) is 0 Å². The predicted octanol–water partition coefficient (Wildman–Crippen LogP) is 25.7. The van der Waals surface area contributed by atoms with Crippen LogP contribution in [0.4, 0.5) is 0 Å². The predicted molar refractivity (Wildman–Crippen MR) is 408 cm³/mol. The maximum Gasteiger partial charge on any atom is 0.472 e. The molecule has 9 nitrogen and oxygen atoms in total. The Labute approximate surface area is 580 Å². The lowest BCUT2D eigenvalue weighted by Gasteiger charge is -2.24. The normalized spacial score (nSPS) is 13.9. The molecule has 0 amide bonds. The third kappa shape index (κ3) is 76.9. The Hall–Kier alpha value is -4.11. The molecule has 0 saturated heterocycles. The van der Waals surface area contributed by atoms with Gasteiger partial charge in [0.15, 0.2) is 6.10 Å². The van der Waals surface area contributed by atoms with Crippen LogP contribution in [0.15, 0.2) is 146 Å². The summed E-state index contributed by atoms with van der Waals surface area (Å²) in [5.74, 6) is -0.791. The van der Waals surface area contributed by atoms with Gasteiger partial charge in [-0.15, -0.1) is 0 Å². The molecule has 2 atom stereocenters. The van der Waals surface area contributed by atoms with Crippen molar-refractivity contribution in [3.8, 4) is 0 Å². The number of unbranched alkanes of at least 4 members (excludes halogenated alkanes) is 32. The van der Waals surface area contributed by atoms with E-state index in [1.807, 2.05) is 21.1 Å². The van der Waals surface area contributed by atoms with Crippen LogP contribution in [-0.2, 0) is 32.7 Å². The van der Waals surface area contributed by atoms with Crippen LogP contribution in [-0.4, -0.2) is 74.9 Å². The summed E-state index contributed by atoms with van der Waals surface area (Å²) >= 11 is 0. The summed E-state index contributed by atoms with van der Waals surface area (Å²) in [4.78, 5) is 36.0. The van der Waals surface area contributed by atoms with Crippen LogP contribution in [0.5, 0.6) is 0 Å². The Bertz CT molecular complexity index is 2100. The fourth-order valence-electron chi connectivity index (χ4n) is 10.6. The minimum atomic E-state index is -4.40. The topological polar surface area (TPSA) is 108 Å². The Balaban J connectivity index is 3.99. The summed E-state index contributed by atoms with van der Waals surface area (Å²) in [7, 11) is 1.48. The van der Waals surface area contributed by atoms with Crippen LogP contribution in [0, 0.1) is 0 Å². The fourth-order valence-corrected chi connectivity index (χ4v) is 11.3. The zero-order valence-corrected chi connectivity index (χ0v) is 62.3. The number of ether oxygens (including phenoxy) is 2. The van der Waals surface area contributed by atoms with Crippen LogP contribution in [0.3, 0.4) is 0 Å². The van der Waals surface area contributed by atoms with Gasteiger partial charge >= 0.3 is 19.8 Å². The minimum absolute atomic E-state index is 0.0280. The molecule has 0 aromatic carbocycles. The molecule has 0 aliphatic rings. The molecule has 2 unspecified atom stereocenters. The molecule has 0 aliphatic heterocycles. The van der Waals surface area contributed by atoms with E-state index in [1.165, 1.54) is 173 Å². The van der Waals surface area contributed by atoms with Gasteiger partial charge in [-0.05, 0) is 116 Å². The highest BCUT2D eigenvalue weighted by molar-refractivity contribution is 7.47. The molecule has 0 aromatic heterocycles. The summed E-state index contributed by atoms with van der Waals surface area (Å²) in [6.07, 6.45) is 108. The summed E-state index contributed by atoms with van der Waals surface area (Å²) in [6, 6.07) is 0. The molecule has 0 bridgehead atoms. The second-order valence-electron chi connectivity index (χ2n) is 26.6. The lowest BCUT2D eigenvalue weighted by molar-refractivity contribution is -0.870. The highest BCUT2D eigenvalue weighted by Gasteiger charge is 2.27. The van der Waals surface area contributed by atoms with Crippen LogP contribution in [0.2, 0.25) is 0 Å². The first-order valence-electron chi connectivity index (χ1n) is 38.6. The molecule has 0 radical (unpaired) electrons. The maximum atomic E-state index is 12.9. The zero-order valence-electron chi connectivity index (χ0n) is 61.4. The van der Waals surface area contributed by atoms with Crippen LogP contribution in [0.1, 0.15) is 322 Å². The molecular weight excluding hydrogens is 1180 g/mol. The van der Waals surface area contributed by atoms with Crippen LogP contribution in [0.25, 0.3) is 0 Å². The van der Waals surface area contributed by atoms with E-state index in [4.69, 9.17) is 18.5 Å². The van der Waals surface area contributed by atoms with Crippen molar-refractivity contribution in [2.45, 2.75) is 328 Å². The van der Waals surface area contributed by atoms with Gasteiger partial charge in [0.1, 0.15) is 19.8 Å². The number of phosphoric ester groups is 1. The molecule has 0 heterocycles. The van der Waals surface area contributed by atoms with Crippen molar-refractivity contribution in [3.05, 3.63) is 146 Å². The highest BCUT2D eigenvalue weighted by Crippen LogP contribution is 2.43. The van der Waals surface area contributed by atoms with Crippen molar-refractivity contribution in [3.63, 3.8) is 0 Å².